The summed E-state index contributed by atoms with van der Waals surface area (Å²) in [5, 5.41) is 3.56. The Morgan fingerprint density at radius 3 is 2.88 bits per heavy atom. The van der Waals surface area contributed by atoms with Crippen molar-refractivity contribution in [3.63, 3.8) is 0 Å². The number of amides is 1. The molecule has 0 atom stereocenters. The maximum absolute atomic E-state index is 12.4. The normalized spacial score (nSPS) is 10.6. The van der Waals surface area contributed by atoms with Crippen molar-refractivity contribution < 1.29 is 9.53 Å². The summed E-state index contributed by atoms with van der Waals surface area (Å²) in [6.07, 6.45) is 2.27. The van der Waals surface area contributed by atoms with Gasteiger partial charge in [0.2, 0.25) is 0 Å². The number of methoxy groups -OCH3 is 1. The van der Waals surface area contributed by atoms with Crippen LogP contribution < -0.4 is 15.6 Å². The lowest BCUT2D eigenvalue weighted by Gasteiger charge is -2.09. The number of hydrogen-bond acceptors (Lipinski definition) is 4. The summed E-state index contributed by atoms with van der Waals surface area (Å²) in [5.41, 5.74) is 1.37. The second-order valence-electron chi connectivity index (χ2n) is 5.70. The molecule has 1 N–H and O–H groups in total. The second kappa shape index (κ2) is 7.17. The molecule has 0 spiro atoms. The Balaban J connectivity index is 1.74. The minimum atomic E-state index is -0.380. The molecule has 128 valence electrons. The number of carbonyl (C=O) groups is 1. The van der Waals surface area contributed by atoms with Gasteiger partial charge >= 0.3 is 0 Å². The van der Waals surface area contributed by atoms with E-state index in [0.29, 0.717) is 18.6 Å². The first kappa shape index (κ1) is 16.7. The lowest BCUT2D eigenvalue weighted by atomic mass is 10.1. The molecule has 0 radical (unpaired) electrons. The molecule has 0 fully saturated rings. The molecule has 0 aliphatic heterocycles. The summed E-state index contributed by atoms with van der Waals surface area (Å²) in [7, 11) is 3.23. The maximum Gasteiger partial charge on any atom is 0.264 e. The summed E-state index contributed by atoms with van der Waals surface area (Å²) in [5.74, 6) is 0.397. The Bertz CT molecular complexity index is 979. The first-order chi connectivity index (χ1) is 12.1. The van der Waals surface area contributed by atoms with E-state index in [9.17, 15) is 9.59 Å². The van der Waals surface area contributed by atoms with E-state index in [1.165, 1.54) is 4.57 Å². The third-order valence-corrected chi connectivity index (χ3v) is 4.05. The number of rotatable bonds is 5. The van der Waals surface area contributed by atoms with Crippen LogP contribution in [-0.2, 0) is 13.5 Å². The molecule has 0 aliphatic carbocycles. The zero-order valence-corrected chi connectivity index (χ0v) is 14.2. The van der Waals surface area contributed by atoms with Crippen LogP contribution in [0.1, 0.15) is 15.9 Å². The van der Waals surface area contributed by atoms with Gasteiger partial charge in [0, 0.05) is 25.2 Å². The highest BCUT2D eigenvalue weighted by molar-refractivity contribution is 5.96. The van der Waals surface area contributed by atoms with Crippen LogP contribution in [-0.4, -0.2) is 29.1 Å². The Morgan fingerprint density at radius 1 is 1.24 bits per heavy atom. The van der Waals surface area contributed by atoms with Gasteiger partial charge in [0.05, 0.1) is 7.11 Å². The summed E-state index contributed by atoms with van der Waals surface area (Å²) in [6.45, 7) is 0.431. The predicted molar refractivity (Wildman–Crippen MR) is 96.0 cm³/mol. The van der Waals surface area contributed by atoms with Gasteiger partial charge in [0.1, 0.15) is 17.0 Å². The molecule has 2 heterocycles. The minimum Gasteiger partial charge on any atom is -0.497 e. The van der Waals surface area contributed by atoms with Crippen LogP contribution in [0.4, 0.5) is 0 Å². The number of benzene rings is 1. The van der Waals surface area contributed by atoms with Crippen molar-refractivity contribution in [1.29, 1.82) is 0 Å². The average Bonchev–Trinajstić information content (AvgIpc) is 2.64. The summed E-state index contributed by atoms with van der Waals surface area (Å²) in [4.78, 5) is 29.0. The number of pyridine rings is 2. The number of fused-ring (bicyclic) bond motifs is 1. The van der Waals surface area contributed by atoms with Gasteiger partial charge < -0.3 is 10.1 Å². The monoisotopic (exact) mass is 337 g/mol. The smallest absolute Gasteiger partial charge is 0.264 e. The standard InChI is InChI=1S/C19H19N3O3/c1-22-17-14(6-4-9-20-17)12-16(19(22)24)18(23)21-10-8-13-5-3-7-15(11-13)25-2/h3-7,9,11-12H,8,10H2,1-2H3,(H,21,23). The van der Waals surface area contributed by atoms with Gasteiger partial charge in [-0.3, -0.25) is 14.2 Å². The van der Waals surface area contributed by atoms with Crippen LogP contribution in [0.2, 0.25) is 0 Å². The third-order valence-electron chi connectivity index (χ3n) is 4.05. The number of ether oxygens (including phenoxy) is 1. The largest absolute Gasteiger partial charge is 0.497 e. The molecule has 25 heavy (non-hydrogen) atoms. The van der Waals surface area contributed by atoms with Gasteiger partial charge in [-0.15, -0.1) is 0 Å². The fourth-order valence-corrected chi connectivity index (χ4v) is 2.70. The van der Waals surface area contributed by atoms with Gasteiger partial charge in [-0.1, -0.05) is 12.1 Å². The van der Waals surface area contributed by atoms with Crippen LogP contribution >= 0.6 is 0 Å². The average molecular weight is 337 g/mol. The number of carbonyl (C=O) groups excluding carboxylic acids is 1. The Hall–Kier alpha value is -3.15. The molecule has 0 aliphatic rings. The maximum atomic E-state index is 12.4. The van der Waals surface area contributed by atoms with Crippen molar-refractivity contribution in [1.82, 2.24) is 14.9 Å². The van der Waals surface area contributed by atoms with E-state index in [2.05, 4.69) is 10.3 Å². The summed E-state index contributed by atoms with van der Waals surface area (Å²) in [6, 6.07) is 12.9. The third kappa shape index (κ3) is 3.52. The Morgan fingerprint density at radius 2 is 2.08 bits per heavy atom. The van der Waals surface area contributed by atoms with Crippen molar-refractivity contribution >= 4 is 16.9 Å². The number of nitrogens with one attached hydrogen (secondary N) is 1. The minimum absolute atomic E-state index is 0.119. The van der Waals surface area contributed by atoms with Crippen molar-refractivity contribution in [3.8, 4) is 5.75 Å². The zero-order valence-electron chi connectivity index (χ0n) is 14.2. The van der Waals surface area contributed by atoms with E-state index in [1.807, 2.05) is 30.3 Å². The quantitative estimate of drug-likeness (QED) is 0.772. The van der Waals surface area contributed by atoms with Crippen LogP contribution in [0.3, 0.4) is 0 Å². The summed E-state index contributed by atoms with van der Waals surface area (Å²) >= 11 is 0. The highest BCUT2D eigenvalue weighted by atomic mass is 16.5. The van der Waals surface area contributed by atoms with E-state index >= 15 is 0 Å². The van der Waals surface area contributed by atoms with E-state index in [0.717, 1.165) is 16.7 Å². The molecule has 0 unspecified atom stereocenters. The van der Waals surface area contributed by atoms with E-state index in [4.69, 9.17) is 4.74 Å². The molecule has 1 amide bonds. The van der Waals surface area contributed by atoms with Crippen LogP contribution in [0.5, 0.6) is 5.75 Å². The van der Waals surface area contributed by atoms with E-state index < -0.39 is 0 Å². The topological polar surface area (TPSA) is 73.2 Å². The van der Waals surface area contributed by atoms with Gasteiger partial charge in [-0.25, -0.2) is 4.98 Å². The van der Waals surface area contributed by atoms with Gasteiger partial charge in [0.25, 0.3) is 11.5 Å². The lowest BCUT2D eigenvalue weighted by Crippen LogP contribution is -2.33. The Labute approximate surface area is 145 Å². The van der Waals surface area contributed by atoms with E-state index in [1.54, 1.807) is 32.5 Å². The molecule has 6 heteroatoms. The molecule has 1 aromatic carbocycles. The molecule has 3 aromatic rings. The molecular weight excluding hydrogens is 318 g/mol. The van der Waals surface area contributed by atoms with Crippen molar-refractivity contribution in [2.24, 2.45) is 7.05 Å². The van der Waals surface area contributed by atoms with Gasteiger partial charge in [0.15, 0.2) is 0 Å². The molecule has 6 nitrogen and oxygen atoms in total. The van der Waals surface area contributed by atoms with Crippen molar-refractivity contribution in [3.05, 3.63) is 70.1 Å². The molecule has 0 saturated heterocycles. The van der Waals surface area contributed by atoms with Gasteiger partial charge in [-0.05, 0) is 42.3 Å². The fraction of sp³-hybridized carbons (Fsp3) is 0.211. The van der Waals surface area contributed by atoms with Crippen molar-refractivity contribution in [2.75, 3.05) is 13.7 Å². The van der Waals surface area contributed by atoms with Crippen LogP contribution in [0.25, 0.3) is 11.0 Å². The first-order valence-electron chi connectivity index (χ1n) is 7.96. The van der Waals surface area contributed by atoms with Crippen LogP contribution in [0, 0.1) is 0 Å². The molecule has 0 saturated carbocycles. The highest BCUT2D eigenvalue weighted by Gasteiger charge is 2.14. The molecule has 2 aromatic heterocycles. The Kier molecular flexibility index (Phi) is 4.79. The summed E-state index contributed by atoms with van der Waals surface area (Å²) < 4.78 is 6.58. The van der Waals surface area contributed by atoms with Crippen molar-refractivity contribution in [2.45, 2.75) is 6.42 Å². The SMILES string of the molecule is COc1cccc(CCNC(=O)c2cc3cccnc3n(C)c2=O)c1. The molecular formula is C19H19N3O3. The second-order valence-corrected chi connectivity index (χ2v) is 5.70. The number of aryl methyl sites for hydroxylation is 1. The lowest BCUT2D eigenvalue weighted by molar-refractivity contribution is 0.0952. The number of hydrogen-bond donors (Lipinski definition) is 1. The first-order valence-corrected chi connectivity index (χ1v) is 7.96. The highest BCUT2D eigenvalue weighted by Crippen LogP contribution is 2.13. The van der Waals surface area contributed by atoms with Gasteiger partial charge in [-0.2, -0.15) is 0 Å². The zero-order chi connectivity index (χ0) is 17.8. The fourth-order valence-electron chi connectivity index (χ4n) is 2.70. The number of nitrogens with zero attached hydrogens (tertiary/aromatic N) is 2. The van der Waals surface area contributed by atoms with Crippen LogP contribution in [0.15, 0.2) is 53.5 Å². The predicted octanol–water partition coefficient (Wildman–Crippen LogP) is 1.91. The van der Waals surface area contributed by atoms with E-state index in [-0.39, 0.29) is 17.0 Å². The molecule has 3 rings (SSSR count). The number of aromatic nitrogens is 2. The molecule has 0 bridgehead atoms.